The Morgan fingerprint density at radius 3 is 2.42 bits per heavy atom. The van der Waals surface area contributed by atoms with Crippen molar-refractivity contribution in [2.45, 2.75) is 82.1 Å². The van der Waals surface area contributed by atoms with Crippen molar-refractivity contribution in [1.29, 1.82) is 0 Å². The van der Waals surface area contributed by atoms with E-state index < -0.39 is 5.92 Å². The summed E-state index contributed by atoms with van der Waals surface area (Å²) in [5.74, 6) is 2.03. The van der Waals surface area contributed by atoms with Gasteiger partial charge in [-0.25, -0.2) is 4.79 Å². The van der Waals surface area contributed by atoms with Crippen LogP contribution in [0.3, 0.4) is 0 Å². The second kappa shape index (κ2) is 13.9. The lowest BCUT2D eigenvalue weighted by atomic mass is 9.91. The molecule has 0 radical (unpaired) electrons. The number of rotatable bonds is 7. The monoisotopic (exact) mass is 691 g/mol. The summed E-state index contributed by atoms with van der Waals surface area (Å²) in [6.45, 7) is 4.76. The van der Waals surface area contributed by atoms with E-state index in [0.29, 0.717) is 86.4 Å². The molecule has 5 aliphatic rings. The molecule has 12 heteroatoms. The van der Waals surface area contributed by atoms with Crippen molar-refractivity contribution in [3.8, 4) is 12.3 Å². The molecule has 0 saturated carbocycles. The zero-order valence-corrected chi connectivity index (χ0v) is 29.3. The largest absolute Gasteiger partial charge is 0.397 e. The summed E-state index contributed by atoms with van der Waals surface area (Å²) < 4.78 is 0. The fourth-order valence-corrected chi connectivity index (χ4v) is 9.81. The predicted molar refractivity (Wildman–Crippen MR) is 190 cm³/mol. The van der Waals surface area contributed by atoms with Gasteiger partial charge in [0.25, 0.3) is 0 Å². The Kier molecular flexibility index (Phi) is 9.62. The van der Waals surface area contributed by atoms with Crippen LogP contribution in [0.4, 0.5) is 16.2 Å². The molecule has 1 aromatic carbocycles. The number of thiophene rings is 1. The van der Waals surface area contributed by atoms with Gasteiger partial charge in [-0.3, -0.25) is 14.5 Å². The lowest BCUT2D eigenvalue weighted by molar-refractivity contribution is -0.143. The number of anilines is 2. The maximum Gasteiger partial charge on any atom is 0.322 e. The third kappa shape index (κ3) is 6.65. The second-order valence-electron chi connectivity index (χ2n) is 14.3. The van der Waals surface area contributed by atoms with Crippen molar-refractivity contribution in [3.05, 3.63) is 44.6 Å². The van der Waals surface area contributed by atoms with Gasteiger partial charge in [0.1, 0.15) is 0 Å². The number of hydrogen-bond acceptors (Lipinski definition) is 7. The Morgan fingerprint density at radius 2 is 1.73 bits per heavy atom. The van der Waals surface area contributed by atoms with Crippen LogP contribution in [0.5, 0.6) is 0 Å². The minimum absolute atomic E-state index is 0.00766. The molecule has 7 rings (SSSR count). The number of piperidine rings is 2. The highest BCUT2D eigenvalue weighted by molar-refractivity contribution is 7.10. The average molecular weight is 692 g/mol. The van der Waals surface area contributed by atoms with Gasteiger partial charge < -0.3 is 30.7 Å². The first-order valence-electron chi connectivity index (χ1n) is 17.4. The van der Waals surface area contributed by atoms with E-state index in [2.05, 4.69) is 28.1 Å². The molecule has 4 saturated heterocycles. The van der Waals surface area contributed by atoms with Crippen molar-refractivity contribution in [3.63, 3.8) is 0 Å². The summed E-state index contributed by atoms with van der Waals surface area (Å²) in [6, 6.07) is 7.45. The molecule has 2 aromatic rings. The van der Waals surface area contributed by atoms with Gasteiger partial charge >= 0.3 is 6.03 Å². The van der Waals surface area contributed by atoms with E-state index >= 15 is 0 Å². The molecule has 0 spiro atoms. The number of nitrogens with two attached hydrogens (primary N) is 1. The smallest absolute Gasteiger partial charge is 0.322 e. The summed E-state index contributed by atoms with van der Waals surface area (Å²) in [5.41, 5.74) is 8.64. The van der Waals surface area contributed by atoms with Crippen LogP contribution in [-0.2, 0) is 22.6 Å². The molecule has 6 heterocycles. The van der Waals surface area contributed by atoms with Crippen LogP contribution in [-0.4, -0.2) is 113 Å². The summed E-state index contributed by atoms with van der Waals surface area (Å²) in [5, 5.41) is 5.36. The predicted octanol–water partition coefficient (Wildman–Crippen LogP) is 4.32. The molecular weight excluding hydrogens is 646 g/mol. The van der Waals surface area contributed by atoms with Crippen LogP contribution in [0.1, 0.15) is 60.9 Å². The number of hydrogen-bond donors (Lipinski definition) is 2. The van der Waals surface area contributed by atoms with E-state index in [4.69, 9.17) is 23.8 Å². The Labute approximate surface area is 292 Å². The molecule has 3 N–H and O–H groups in total. The number of terminal acetylenes is 1. The number of piperazine rings is 1. The maximum atomic E-state index is 14.2. The van der Waals surface area contributed by atoms with Gasteiger partial charge in [-0.05, 0) is 81.1 Å². The SMILES string of the molecule is C#Cc1cc(C[C@@H](CC(=O)N2CCC(N3Cc4sccc4NC3=O)CC2)C(=O)N2CCN(C3CC4CCC(C3)N4C)CC2)cc(Cl)c1N. The van der Waals surface area contributed by atoms with Gasteiger partial charge in [-0.2, -0.15) is 0 Å². The number of amides is 4. The first kappa shape index (κ1) is 33.2. The summed E-state index contributed by atoms with van der Waals surface area (Å²) in [7, 11) is 2.27. The number of nitrogen functional groups attached to an aromatic ring is 1. The summed E-state index contributed by atoms with van der Waals surface area (Å²) >= 11 is 8.09. The van der Waals surface area contributed by atoms with E-state index in [-0.39, 0.29) is 30.3 Å². The fraction of sp³-hybridized carbons (Fsp3) is 0.583. The van der Waals surface area contributed by atoms with Crippen LogP contribution < -0.4 is 11.1 Å². The second-order valence-corrected chi connectivity index (χ2v) is 15.7. The summed E-state index contributed by atoms with van der Waals surface area (Å²) in [4.78, 5) is 52.9. The molecule has 10 nitrogen and oxygen atoms in total. The van der Waals surface area contributed by atoms with Gasteiger partial charge in [-0.15, -0.1) is 17.8 Å². The first-order chi connectivity index (χ1) is 23.2. The van der Waals surface area contributed by atoms with Gasteiger partial charge in [0, 0.05) is 80.3 Å². The number of nitrogens with one attached hydrogen (secondary N) is 1. The molecular formula is C36H46ClN7O3S. The lowest BCUT2D eigenvalue weighted by Crippen LogP contribution is -2.56. The third-order valence-corrected chi connectivity index (χ3v) is 12.9. The number of benzene rings is 1. The Balaban J connectivity index is 1.00. The van der Waals surface area contributed by atoms with Crippen LogP contribution in [0, 0.1) is 18.3 Å². The Morgan fingerprint density at radius 1 is 1.02 bits per heavy atom. The van der Waals surface area contributed by atoms with Crippen molar-refractivity contribution in [2.24, 2.45) is 5.92 Å². The number of carbonyl (C=O) groups excluding carboxylic acids is 3. The first-order valence-corrected chi connectivity index (χ1v) is 18.6. The number of fused-ring (bicyclic) bond motifs is 3. The molecule has 256 valence electrons. The molecule has 4 fully saturated rings. The maximum absolute atomic E-state index is 14.2. The topological polar surface area (TPSA) is 105 Å². The highest BCUT2D eigenvalue weighted by Crippen LogP contribution is 2.37. The number of halogens is 1. The van der Waals surface area contributed by atoms with Crippen LogP contribution in [0.25, 0.3) is 0 Å². The third-order valence-electron chi connectivity index (χ3n) is 11.6. The minimum atomic E-state index is -0.545. The van der Waals surface area contributed by atoms with Crippen LogP contribution in [0.15, 0.2) is 23.6 Å². The van der Waals surface area contributed by atoms with E-state index in [9.17, 15) is 14.4 Å². The van der Waals surface area contributed by atoms with E-state index in [1.54, 1.807) is 17.4 Å². The van der Waals surface area contributed by atoms with Gasteiger partial charge in [0.2, 0.25) is 11.8 Å². The highest BCUT2D eigenvalue weighted by Gasteiger charge is 2.42. The van der Waals surface area contributed by atoms with E-state index in [0.717, 1.165) is 29.2 Å². The lowest BCUT2D eigenvalue weighted by Gasteiger charge is -2.45. The molecule has 0 aliphatic carbocycles. The number of likely N-dealkylation sites (tertiary alicyclic amines) is 1. The zero-order valence-electron chi connectivity index (χ0n) is 27.7. The number of nitrogens with zero attached hydrogens (tertiary/aromatic N) is 5. The van der Waals surface area contributed by atoms with E-state index in [1.165, 1.54) is 25.7 Å². The zero-order chi connectivity index (χ0) is 33.5. The van der Waals surface area contributed by atoms with Crippen molar-refractivity contribution in [2.75, 3.05) is 57.4 Å². The average Bonchev–Trinajstić information content (AvgIpc) is 3.62. The highest BCUT2D eigenvalue weighted by atomic mass is 35.5. The quantitative estimate of drug-likeness (QED) is 0.331. The Hall–Kier alpha value is -3.30. The van der Waals surface area contributed by atoms with E-state index in [1.807, 2.05) is 32.2 Å². The van der Waals surface area contributed by atoms with Gasteiger partial charge in [0.15, 0.2) is 0 Å². The van der Waals surface area contributed by atoms with Crippen molar-refractivity contribution >= 4 is 52.2 Å². The van der Waals surface area contributed by atoms with Crippen LogP contribution in [0.2, 0.25) is 5.02 Å². The Bertz CT molecular complexity index is 1580. The van der Waals surface area contributed by atoms with Crippen molar-refractivity contribution in [1.82, 2.24) is 24.5 Å². The standard InChI is InChI=1S/C36H46ClN7O3S/c1-3-24-16-23(18-30(37)34(24)38)17-25(35(46)43-13-11-41(12-14-43)29-20-27-4-5-28(21-29)40(27)2)19-33(45)42-9-6-26(7-10-42)44-22-32-31(8-15-48-32)39-36(44)47/h1,8,15-16,18,25-29H,4-7,9-14,17,19-22,38H2,2H3,(H,39,47)/t25-,27?,28?,29?/m0/s1. The molecule has 3 atom stereocenters. The number of urea groups is 1. The van der Waals surface area contributed by atoms with Crippen molar-refractivity contribution < 1.29 is 14.4 Å². The van der Waals surface area contributed by atoms with Crippen LogP contribution >= 0.6 is 22.9 Å². The molecule has 1 aromatic heterocycles. The fourth-order valence-electron chi connectivity index (χ4n) is 8.74. The molecule has 5 aliphatic heterocycles. The molecule has 48 heavy (non-hydrogen) atoms. The number of carbonyl (C=O) groups is 3. The molecule has 2 bridgehead atoms. The molecule has 4 amide bonds. The molecule has 2 unspecified atom stereocenters. The summed E-state index contributed by atoms with van der Waals surface area (Å²) in [6.07, 6.45) is 12.6. The van der Waals surface area contributed by atoms with Gasteiger partial charge in [-0.1, -0.05) is 17.5 Å². The minimum Gasteiger partial charge on any atom is -0.397 e. The van der Waals surface area contributed by atoms with Gasteiger partial charge in [0.05, 0.1) is 28.9 Å². The normalized spacial score (nSPS) is 25.8.